The zero-order valence-electron chi connectivity index (χ0n) is 16.8. The van der Waals surface area contributed by atoms with Crippen LogP contribution in [0.15, 0.2) is 55.3 Å². The number of anilines is 1. The molecule has 0 unspecified atom stereocenters. The van der Waals surface area contributed by atoms with Gasteiger partial charge in [-0.3, -0.25) is 4.79 Å². The molecule has 3 rings (SSSR count). The Kier molecular flexibility index (Phi) is 6.85. The Morgan fingerprint density at radius 3 is 2.62 bits per heavy atom. The summed E-state index contributed by atoms with van der Waals surface area (Å²) in [6.45, 7) is 6.28. The third kappa shape index (κ3) is 5.35. The molecule has 6 nitrogen and oxygen atoms in total. The van der Waals surface area contributed by atoms with E-state index in [1.54, 1.807) is 23.2 Å². The fraction of sp³-hybridized carbons (Fsp3) is 0.348. The summed E-state index contributed by atoms with van der Waals surface area (Å²) in [7, 11) is 1.86. The zero-order chi connectivity index (χ0) is 20.6. The van der Waals surface area contributed by atoms with E-state index in [1.165, 1.54) is 0 Å². The van der Waals surface area contributed by atoms with Crippen LogP contribution in [0.2, 0.25) is 0 Å². The molecule has 0 N–H and O–H groups in total. The lowest BCUT2D eigenvalue weighted by Gasteiger charge is -2.34. The predicted molar refractivity (Wildman–Crippen MR) is 112 cm³/mol. The van der Waals surface area contributed by atoms with Gasteiger partial charge in [0.25, 0.3) is 0 Å². The number of rotatable bonds is 7. The number of carbonyl (C=O) groups excluding carboxylic acids is 1. The fourth-order valence-corrected chi connectivity index (χ4v) is 3.50. The van der Waals surface area contributed by atoms with Crippen LogP contribution in [0.3, 0.4) is 0 Å². The SMILES string of the molecule is C=CCOc1ccc(CN(C)C(=O)C2CCN(c3ccc(C#N)cn3)CC2)cc1. The summed E-state index contributed by atoms with van der Waals surface area (Å²) < 4.78 is 5.49. The van der Waals surface area contributed by atoms with Gasteiger partial charge in [-0.25, -0.2) is 4.98 Å². The molecule has 150 valence electrons. The van der Waals surface area contributed by atoms with Gasteiger partial charge in [-0.05, 0) is 42.7 Å². The molecular formula is C23H26N4O2. The first kappa shape index (κ1) is 20.4. The smallest absolute Gasteiger partial charge is 0.225 e. The lowest BCUT2D eigenvalue weighted by Crippen LogP contribution is -2.41. The Bertz CT molecular complexity index is 863. The van der Waals surface area contributed by atoms with Gasteiger partial charge in [0.15, 0.2) is 0 Å². The second-order valence-corrected chi connectivity index (χ2v) is 7.22. The van der Waals surface area contributed by atoms with Crippen molar-refractivity contribution in [2.24, 2.45) is 5.92 Å². The summed E-state index contributed by atoms with van der Waals surface area (Å²) in [4.78, 5) is 21.2. The van der Waals surface area contributed by atoms with Crippen molar-refractivity contribution in [3.8, 4) is 11.8 Å². The Morgan fingerprint density at radius 1 is 1.31 bits per heavy atom. The molecule has 6 heteroatoms. The van der Waals surface area contributed by atoms with Crippen LogP contribution in [0.4, 0.5) is 5.82 Å². The van der Waals surface area contributed by atoms with Crippen LogP contribution >= 0.6 is 0 Å². The molecule has 1 saturated heterocycles. The Labute approximate surface area is 172 Å². The predicted octanol–water partition coefficient (Wildman–Crippen LogP) is 3.39. The minimum Gasteiger partial charge on any atom is -0.490 e. The van der Waals surface area contributed by atoms with Gasteiger partial charge < -0.3 is 14.5 Å². The van der Waals surface area contributed by atoms with Crippen LogP contribution in [-0.4, -0.2) is 42.5 Å². The van der Waals surface area contributed by atoms with Crippen LogP contribution < -0.4 is 9.64 Å². The van der Waals surface area contributed by atoms with Gasteiger partial charge in [-0.1, -0.05) is 24.8 Å². The molecule has 1 aromatic carbocycles. The number of carbonyl (C=O) groups is 1. The number of aromatic nitrogens is 1. The van der Waals surface area contributed by atoms with E-state index in [9.17, 15) is 4.79 Å². The summed E-state index contributed by atoms with van der Waals surface area (Å²) in [6.07, 6.45) is 4.91. The summed E-state index contributed by atoms with van der Waals surface area (Å²) in [5.74, 6) is 1.88. The molecule has 1 aliphatic rings. The molecule has 1 aliphatic heterocycles. The Hall–Kier alpha value is -3.33. The normalized spacial score (nSPS) is 14.1. The lowest BCUT2D eigenvalue weighted by atomic mass is 9.95. The van der Waals surface area contributed by atoms with Crippen molar-refractivity contribution in [3.05, 3.63) is 66.4 Å². The van der Waals surface area contributed by atoms with Gasteiger partial charge in [0.05, 0.1) is 5.56 Å². The van der Waals surface area contributed by atoms with Crippen LogP contribution in [0.5, 0.6) is 5.75 Å². The quantitative estimate of drug-likeness (QED) is 0.678. The largest absolute Gasteiger partial charge is 0.490 e. The maximum atomic E-state index is 12.9. The van der Waals surface area contributed by atoms with Crippen LogP contribution in [0, 0.1) is 17.2 Å². The Balaban J connectivity index is 1.50. The van der Waals surface area contributed by atoms with E-state index in [1.807, 2.05) is 37.4 Å². The summed E-state index contributed by atoms with van der Waals surface area (Å²) >= 11 is 0. The molecule has 0 atom stereocenters. The number of hydrogen-bond acceptors (Lipinski definition) is 5. The van der Waals surface area contributed by atoms with E-state index in [0.29, 0.717) is 18.7 Å². The van der Waals surface area contributed by atoms with E-state index in [0.717, 1.165) is 43.1 Å². The van der Waals surface area contributed by atoms with Gasteiger partial charge in [0.1, 0.15) is 24.2 Å². The number of hydrogen-bond donors (Lipinski definition) is 0. The first-order valence-corrected chi connectivity index (χ1v) is 9.79. The van der Waals surface area contributed by atoms with E-state index in [4.69, 9.17) is 10.00 Å². The standard InChI is InChI=1S/C23H26N4O2/c1-3-14-29-21-7-4-18(5-8-21)17-26(2)23(28)20-10-12-27(13-11-20)22-9-6-19(15-24)16-25-22/h3-9,16,20H,1,10-14,17H2,2H3. The summed E-state index contributed by atoms with van der Waals surface area (Å²) in [5, 5.41) is 8.88. The Morgan fingerprint density at radius 2 is 2.03 bits per heavy atom. The van der Waals surface area contributed by atoms with Gasteiger partial charge in [-0.15, -0.1) is 0 Å². The zero-order valence-corrected chi connectivity index (χ0v) is 16.8. The van der Waals surface area contributed by atoms with Crippen LogP contribution in [-0.2, 0) is 11.3 Å². The first-order valence-electron chi connectivity index (χ1n) is 9.79. The van der Waals surface area contributed by atoms with Gasteiger partial charge in [-0.2, -0.15) is 5.26 Å². The highest BCUT2D eigenvalue weighted by molar-refractivity contribution is 5.79. The van der Waals surface area contributed by atoms with Gasteiger partial charge in [0.2, 0.25) is 5.91 Å². The van der Waals surface area contributed by atoms with Crippen molar-refractivity contribution in [1.82, 2.24) is 9.88 Å². The van der Waals surface area contributed by atoms with Crippen molar-refractivity contribution >= 4 is 11.7 Å². The summed E-state index contributed by atoms with van der Waals surface area (Å²) in [6, 6.07) is 13.5. The second kappa shape index (κ2) is 9.74. The third-order valence-electron chi connectivity index (χ3n) is 5.13. The second-order valence-electron chi connectivity index (χ2n) is 7.22. The lowest BCUT2D eigenvalue weighted by molar-refractivity contribution is -0.135. The van der Waals surface area contributed by atoms with Crippen molar-refractivity contribution in [2.45, 2.75) is 19.4 Å². The minimum absolute atomic E-state index is 0.0322. The highest BCUT2D eigenvalue weighted by atomic mass is 16.5. The van der Waals surface area contributed by atoms with E-state index >= 15 is 0 Å². The molecular weight excluding hydrogens is 364 g/mol. The summed E-state index contributed by atoms with van der Waals surface area (Å²) in [5.41, 5.74) is 1.63. The van der Waals surface area contributed by atoms with Crippen molar-refractivity contribution in [2.75, 3.05) is 31.6 Å². The van der Waals surface area contributed by atoms with E-state index in [-0.39, 0.29) is 11.8 Å². The number of nitriles is 1. The van der Waals surface area contributed by atoms with E-state index < -0.39 is 0 Å². The van der Waals surface area contributed by atoms with Crippen LogP contribution in [0.25, 0.3) is 0 Å². The van der Waals surface area contributed by atoms with Crippen molar-refractivity contribution in [3.63, 3.8) is 0 Å². The topological polar surface area (TPSA) is 69.5 Å². The van der Waals surface area contributed by atoms with Crippen molar-refractivity contribution < 1.29 is 9.53 Å². The molecule has 2 aromatic rings. The van der Waals surface area contributed by atoms with Gasteiger partial charge >= 0.3 is 0 Å². The number of pyridine rings is 1. The monoisotopic (exact) mass is 390 g/mol. The number of piperidine rings is 1. The molecule has 0 aliphatic carbocycles. The molecule has 1 fully saturated rings. The molecule has 0 bridgehead atoms. The average Bonchev–Trinajstić information content (AvgIpc) is 2.78. The number of benzene rings is 1. The average molecular weight is 390 g/mol. The minimum atomic E-state index is 0.0322. The van der Waals surface area contributed by atoms with Gasteiger partial charge in [0, 0.05) is 38.8 Å². The highest BCUT2D eigenvalue weighted by Gasteiger charge is 2.27. The third-order valence-corrected chi connectivity index (χ3v) is 5.13. The molecule has 29 heavy (non-hydrogen) atoms. The molecule has 0 spiro atoms. The molecule has 1 aromatic heterocycles. The highest BCUT2D eigenvalue weighted by Crippen LogP contribution is 2.24. The fourth-order valence-electron chi connectivity index (χ4n) is 3.50. The van der Waals surface area contributed by atoms with Crippen molar-refractivity contribution in [1.29, 1.82) is 5.26 Å². The maximum absolute atomic E-state index is 12.9. The van der Waals surface area contributed by atoms with E-state index in [2.05, 4.69) is 22.5 Å². The molecule has 1 amide bonds. The number of ether oxygens (including phenoxy) is 1. The first-order chi connectivity index (χ1) is 14.1. The number of nitrogens with zero attached hydrogens (tertiary/aromatic N) is 4. The molecule has 0 saturated carbocycles. The molecule has 2 heterocycles. The maximum Gasteiger partial charge on any atom is 0.225 e. The van der Waals surface area contributed by atoms with Crippen LogP contribution in [0.1, 0.15) is 24.0 Å². The molecule has 0 radical (unpaired) electrons. The number of amides is 1.